The van der Waals surface area contributed by atoms with E-state index in [0.29, 0.717) is 65.5 Å². The number of amides is 4. The van der Waals surface area contributed by atoms with Gasteiger partial charge in [-0.05, 0) is 72.1 Å². The second-order valence-electron chi connectivity index (χ2n) is 13.9. The summed E-state index contributed by atoms with van der Waals surface area (Å²) in [6.07, 6.45) is 10.4. The fourth-order valence-corrected chi connectivity index (χ4v) is 7.26. The molecule has 2 atom stereocenters. The maximum absolute atomic E-state index is 13.8. The van der Waals surface area contributed by atoms with Gasteiger partial charge in [0.2, 0.25) is 0 Å². The lowest BCUT2D eigenvalue weighted by Gasteiger charge is -2.33. The number of hydrogen-bond donors (Lipinski definition) is 3. The highest BCUT2D eigenvalue weighted by molar-refractivity contribution is 7.85. The van der Waals surface area contributed by atoms with E-state index >= 15 is 0 Å². The number of aromatic nitrogens is 4. The average Bonchev–Trinajstić information content (AvgIpc) is 3.20. The molecule has 2 aliphatic heterocycles. The molecule has 3 N–H and O–H groups in total. The smallest absolute Gasteiger partial charge is 0.261 e. The molecule has 290 valence electrons. The van der Waals surface area contributed by atoms with E-state index in [9.17, 15) is 27.6 Å². The summed E-state index contributed by atoms with van der Waals surface area (Å²) in [6.45, 7) is 5.52. The molecule has 0 radical (unpaired) electrons. The Bertz CT molecular complexity index is 2480. The maximum Gasteiger partial charge on any atom is 0.261 e. The van der Waals surface area contributed by atoms with Crippen LogP contribution in [0.2, 0.25) is 0 Å². The summed E-state index contributed by atoms with van der Waals surface area (Å²) < 4.78 is 25.9. The average molecular weight is 787 g/mol. The molecule has 57 heavy (non-hydrogen) atoms. The van der Waals surface area contributed by atoms with E-state index < -0.39 is 22.2 Å². The SMILES string of the molecule is CS(=O)(=O)O.C[C@H](CNCCNC[C@@H](C)N1C(=O)c2cccc3cc(-c4cncnc4)cc(c23)C1=O)N1C(=O)c2cccc3cc(-c4cncnc4)cc(c23)C1=O. The molecule has 8 rings (SSSR count). The number of hydrogen-bond acceptors (Lipinski definition) is 12. The van der Waals surface area contributed by atoms with Gasteiger partial charge in [0.05, 0.1) is 6.26 Å². The summed E-state index contributed by atoms with van der Waals surface area (Å²) in [5.74, 6) is -1.33. The Hall–Kier alpha value is -6.33. The van der Waals surface area contributed by atoms with Gasteiger partial charge in [0, 0.05) is 107 Å². The number of rotatable bonds is 11. The Morgan fingerprint density at radius 3 is 1.30 bits per heavy atom. The third kappa shape index (κ3) is 8.01. The Kier molecular flexibility index (Phi) is 10.9. The predicted molar refractivity (Wildman–Crippen MR) is 213 cm³/mol. The third-order valence-corrected chi connectivity index (χ3v) is 9.78. The molecule has 4 amide bonds. The summed E-state index contributed by atoms with van der Waals surface area (Å²) >= 11 is 0. The standard InChI is InChI=1S/C40H34N8O4.CH4O3S/c1-23(47-37(49)31-7-3-5-25-11-27(29-17-43-21-44-18-29)13-33(35(25)31)39(47)51)15-41-9-10-42-16-24(2)48-38(50)32-8-4-6-26-12-28(30-19-45-22-46-20-30)14-34(36(26)32)40(48)52;1-5(2,3)4/h3-8,11-14,17-24,41-42H,9-10,15-16H2,1-2H3;1H3,(H,2,3,4)/t23-,24-;/m1./s1. The lowest BCUT2D eigenvalue weighted by Crippen LogP contribution is -2.51. The molecular weight excluding hydrogens is 749 g/mol. The molecular formula is C41H38N8O7S. The highest BCUT2D eigenvalue weighted by atomic mass is 32.2. The zero-order valence-electron chi connectivity index (χ0n) is 31.2. The first-order chi connectivity index (χ1) is 27.3. The van der Waals surface area contributed by atoms with E-state index in [4.69, 9.17) is 4.55 Å². The second-order valence-corrected chi connectivity index (χ2v) is 15.4. The zero-order chi connectivity index (χ0) is 40.4. The molecule has 0 saturated carbocycles. The lowest BCUT2D eigenvalue weighted by molar-refractivity contribution is 0.0532. The van der Waals surface area contributed by atoms with Gasteiger partial charge in [-0.15, -0.1) is 0 Å². The number of nitrogens with zero attached hydrogens (tertiary/aromatic N) is 6. The van der Waals surface area contributed by atoms with Gasteiger partial charge in [-0.1, -0.05) is 24.3 Å². The molecule has 2 aromatic heterocycles. The van der Waals surface area contributed by atoms with Crippen LogP contribution in [0.15, 0.2) is 98.1 Å². The molecule has 4 aromatic carbocycles. The molecule has 4 heterocycles. The highest BCUT2D eigenvalue weighted by Crippen LogP contribution is 2.36. The zero-order valence-corrected chi connectivity index (χ0v) is 32.0. The number of carbonyl (C=O) groups excluding carboxylic acids is 4. The first kappa shape index (κ1) is 38.9. The first-order valence-electron chi connectivity index (χ1n) is 18.1. The van der Waals surface area contributed by atoms with Crippen LogP contribution < -0.4 is 10.6 Å². The quantitative estimate of drug-likeness (QED) is 0.0956. The van der Waals surface area contributed by atoms with Crippen molar-refractivity contribution in [1.82, 2.24) is 40.4 Å². The van der Waals surface area contributed by atoms with Crippen molar-refractivity contribution in [3.05, 3.63) is 120 Å². The minimum Gasteiger partial charge on any atom is -0.313 e. The summed E-state index contributed by atoms with van der Waals surface area (Å²) in [5, 5.41) is 9.62. The van der Waals surface area contributed by atoms with Crippen LogP contribution in [0.1, 0.15) is 55.3 Å². The van der Waals surface area contributed by atoms with Crippen molar-refractivity contribution >= 4 is 55.3 Å². The van der Waals surface area contributed by atoms with E-state index in [-0.39, 0.29) is 23.6 Å². The van der Waals surface area contributed by atoms with Crippen LogP contribution in [0.25, 0.3) is 43.8 Å². The number of benzene rings is 4. The van der Waals surface area contributed by atoms with Crippen LogP contribution in [0, 0.1) is 0 Å². The molecule has 0 fully saturated rings. The van der Waals surface area contributed by atoms with Gasteiger partial charge < -0.3 is 10.6 Å². The van der Waals surface area contributed by atoms with Gasteiger partial charge in [-0.25, -0.2) is 19.9 Å². The monoisotopic (exact) mass is 786 g/mol. The molecule has 0 saturated heterocycles. The molecule has 0 bridgehead atoms. The van der Waals surface area contributed by atoms with E-state index in [2.05, 4.69) is 30.6 Å². The molecule has 0 unspecified atom stereocenters. The van der Waals surface area contributed by atoms with Gasteiger partial charge in [-0.3, -0.25) is 33.5 Å². The predicted octanol–water partition coefficient (Wildman–Crippen LogP) is 4.26. The van der Waals surface area contributed by atoms with Gasteiger partial charge in [0.25, 0.3) is 33.7 Å². The largest absolute Gasteiger partial charge is 0.313 e. The fraction of sp³-hybridized carbons (Fsp3) is 0.220. The minimum absolute atomic E-state index is 0.322. The summed E-state index contributed by atoms with van der Waals surface area (Å²) in [5.41, 5.74) is 5.10. The highest BCUT2D eigenvalue weighted by Gasteiger charge is 2.37. The lowest BCUT2D eigenvalue weighted by atomic mass is 9.90. The van der Waals surface area contributed by atoms with Crippen molar-refractivity contribution in [2.45, 2.75) is 25.9 Å². The molecule has 16 heteroatoms. The maximum atomic E-state index is 13.8. The van der Waals surface area contributed by atoms with Crippen LogP contribution in [0.5, 0.6) is 0 Å². The number of nitrogens with one attached hydrogen (secondary N) is 2. The van der Waals surface area contributed by atoms with Gasteiger partial charge in [0.15, 0.2) is 0 Å². The number of carbonyl (C=O) groups is 4. The van der Waals surface area contributed by atoms with Gasteiger partial charge in [-0.2, -0.15) is 8.42 Å². The van der Waals surface area contributed by atoms with Crippen molar-refractivity contribution in [2.24, 2.45) is 0 Å². The van der Waals surface area contributed by atoms with Crippen molar-refractivity contribution in [2.75, 3.05) is 32.4 Å². The molecule has 0 spiro atoms. The first-order valence-corrected chi connectivity index (χ1v) is 19.9. The summed E-state index contributed by atoms with van der Waals surface area (Å²) in [7, 11) is -3.67. The Morgan fingerprint density at radius 2 is 0.930 bits per heavy atom. The molecule has 15 nitrogen and oxygen atoms in total. The van der Waals surface area contributed by atoms with Crippen LogP contribution in [-0.4, -0.2) is 111 Å². The molecule has 2 aliphatic rings. The summed E-state index contributed by atoms with van der Waals surface area (Å²) in [4.78, 5) is 74.1. The van der Waals surface area contributed by atoms with Crippen LogP contribution >= 0.6 is 0 Å². The second kappa shape index (κ2) is 16.0. The minimum atomic E-state index is -3.67. The Balaban J connectivity index is 0.000000935. The van der Waals surface area contributed by atoms with Crippen LogP contribution in [0.4, 0.5) is 0 Å². The van der Waals surface area contributed by atoms with E-state index in [1.165, 1.54) is 22.5 Å². The van der Waals surface area contributed by atoms with Crippen molar-refractivity contribution < 1.29 is 32.1 Å². The van der Waals surface area contributed by atoms with E-state index in [1.54, 1.807) is 36.9 Å². The normalized spacial score (nSPS) is 14.8. The van der Waals surface area contributed by atoms with Crippen molar-refractivity contribution in [1.29, 1.82) is 0 Å². The van der Waals surface area contributed by atoms with Gasteiger partial charge in [0.1, 0.15) is 12.7 Å². The van der Waals surface area contributed by atoms with E-state index in [0.717, 1.165) is 33.0 Å². The third-order valence-electron chi connectivity index (χ3n) is 9.78. The Morgan fingerprint density at radius 1 is 0.579 bits per heavy atom. The van der Waals surface area contributed by atoms with Crippen molar-refractivity contribution in [3.63, 3.8) is 0 Å². The number of imide groups is 2. The van der Waals surface area contributed by atoms with Crippen molar-refractivity contribution in [3.8, 4) is 22.3 Å². The van der Waals surface area contributed by atoms with Crippen LogP contribution in [-0.2, 0) is 10.1 Å². The molecule has 0 aliphatic carbocycles. The van der Waals surface area contributed by atoms with E-state index in [1.807, 2.05) is 62.4 Å². The fourth-order valence-electron chi connectivity index (χ4n) is 7.26. The summed E-state index contributed by atoms with van der Waals surface area (Å²) in [6, 6.07) is 17.7. The topological polar surface area (TPSA) is 205 Å². The Labute approximate surface area is 327 Å². The molecule has 6 aromatic rings. The van der Waals surface area contributed by atoms with Gasteiger partial charge >= 0.3 is 0 Å². The van der Waals surface area contributed by atoms with Crippen LogP contribution in [0.3, 0.4) is 0 Å².